The summed E-state index contributed by atoms with van der Waals surface area (Å²) < 4.78 is 3.88. The lowest BCUT2D eigenvalue weighted by molar-refractivity contribution is 0.190. The van der Waals surface area contributed by atoms with Crippen molar-refractivity contribution in [2.75, 3.05) is 12.3 Å². The lowest BCUT2D eigenvalue weighted by Gasteiger charge is -2.27. The number of hydrogen-bond donors (Lipinski definition) is 1. The van der Waals surface area contributed by atoms with Gasteiger partial charge >= 0.3 is 0 Å². The smallest absolute Gasteiger partial charge is 0.132 e. The normalized spacial score (nSPS) is 13.2. The molecule has 5 heteroatoms. The lowest BCUT2D eigenvalue weighted by atomic mass is 10.2. The maximum atomic E-state index is 5.83. The molecule has 0 spiro atoms. The Morgan fingerprint density at radius 2 is 2.19 bits per heavy atom. The van der Waals surface area contributed by atoms with Gasteiger partial charge in [-0.1, -0.05) is 24.8 Å². The second-order valence-corrected chi connectivity index (χ2v) is 4.95. The molecule has 1 rings (SSSR count). The first-order valence-corrected chi connectivity index (χ1v) is 6.77. The molecule has 16 heavy (non-hydrogen) atoms. The Morgan fingerprint density at radius 3 is 2.69 bits per heavy atom. The van der Waals surface area contributed by atoms with Crippen LogP contribution >= 0.6 is 11.5 Å². The van der Waals surface area contributed by atoms with E-state index in [4.69, 9.17) is 5.73 Å². The fourth-order valence-electron chi connectivity index (χ4n) is 1.59. The first kappa shape index (κ1) is 13.4. The van der Waals surface area contributed by atoms with Crippen molar-refractivity contribution in [3.05, 3.63) is 5.69 Å². The van der Waals surface area contributed by atoms with Crippen LogP contribution in [0.5, 0.6) is 0 Å². The molecule has 0 saturated heterocycles. The molecule has 1 aromatic rings. The Morgan fingerprint density at radius 1 is 1.44 bits per heavy atom. The maximum Gasteiger partial charge on any atom is 0.132 e. The fourth-order valence-corrected chi connectivity index (χ4v) is 2.03. The minimum absolute atomic E-state index is 0.577. The van der Waals surface area contributed by atoms with Gasteiger partial charge in [0, 0.05) is 24.1 Å². The van der Waals surface area contributed by atoms with E-state index in [1.54, 1.807) is 0 Å². The fraction of sp³-hybridized carbons (Fsp3) is 0.818. The van der Waals surface area contributed by atoms with Gasteiger partial charge in [-0.05, 0) is 26.3 Å². The van der Waals surface area contributed by atoms with Gasteiger partial charge in [-0.2, -0.15) is 0 Å². The van der Waals surface area contributed by atoms with Crippen molar-refractivity contribution in [3.63, 3.8) is 0 Å². The minimum atomic E-state index is 0.577. The van der Waals surface area contributed by atoms with Crippen molar-refractivity contribution in [2.24, 2.45) is 0 Å². The molecule has 0 amide bonds. The molecule has 0 aliphatic rings. The van der Waals surface area contributed by atoms with Crippen LogP contribution in [-0.2, 0) is 6.54 Å². The molecular formula is C11H22N4S. The van der Waals surface area contributed by atoms with E-state index in [-0.39, 0.29) is 0 Å². The largest absolute Gasteiger partial charge is 0.388 e. The number of aromatic nitrogens is 2. The number of nitrogen functional groups attached to an aromatic ring is 1. The molecule has 1 atom stereocenters. The third-order valence-corrected chi connectivity index (χ3v) is 3.55. The van der Waals surface area contributed by atoms with E-state index < -0.39 is 0 Å². The second kappa shape index (κ2) is 6.81. The van der Waals surface area contributed by atoms with E-state index in [2.05, 4.69) is 35.3 Å². The predicted octanol–water partition coefficient (Wildman–Crippen LogP) is 2.52. The topological polar surface area (TPSA) is 55.0 Å². The third kappa shape index (κ3) is 3.72. The molecule has 1 aromatic heterocycles. The van der Waals surface area contributed by atoms with Crippen LogP contribution in [0.4, 0.5) is 5.00 Å². The van der Waals surface area contributed by atoms with Crippen molar-refractivity contribution in [1.82, 2.24) is 14.5 Å². The molecule has 0 aliphatic carbocycles. The third-order valence-electron chi connectivity index (χ3n) is 2.95. The highest BCUT2D eigenvalue weighted by Gasteiger charge is 2.15. The summed E-state index contributed by atoms with van der Waals surface area (Å²) in [5.41, 5.74) is 6.76. The van der Waals surface area contributed by atoms with Crippen LogP contribution in [0.25, 0.3) is 0 Å². The van der Waals surface area contributed by atoms with Gasteiger partial charge < -0.3 is 5.73 Å². The molecule has 0 aromatic carbocycles. The standard InChI is InChI=1S/C11H22N4S/c1-4-6-7-15(9(3)5-2)8-10-11(12)16-14-13-10/h9H,4-8,12H2,1-3H3. The van der Waals surface area contributed by atoms with E-state index in [9.17, 15) is 0 Å². The van der Waals surface area contributed by atoms with Crippen molar-refractivity contribution in [3.8, 4) is 0 Å². The number of nitrogens with zero attached hydrogens (tertiary/aromatic N) is 3. The summed E-state index contributed by atoms with van der Waals surface area (Å²) in [5, 5.41) is 4.84. The average molecular weight is 242 g/mol. The molecule has 0 bridgehead atoms. The average Bonchev–Trinajstić information content (AvgIpc) is 2.69. The number of rotatable bonds is 7. The summed E-state index contributed by atoms with van der Waals surface area (Å²) in [7, 11) is 0. The summed E-state index contributed by atoms with van der Waals surface area (Å²) in [6.45, 7) is 8.63. The Labute approximate surface area is 102 Å². The molecule has 1 heterocycles. The van der Waals surface area contributed by atoms with Crippen molar-refractivity contribution in [2.45, 2.75) is 52.6 Å². The second-order valence-electron chi connectivity index (χ2n) is 4.17. The van der Waals surface area contributed by atoms with Crippen molar-refractivity contribution < 1.29 is 0 Å². The van der Waals surface area contributed by atoms with Gasteiger partial charge in [0.1, 0.15) is 10.7 Å². The minimum Gasteiger partial charge on any atom is -0.388 e. The molecule has 0 saturated carbocycles. The number of nitrogens with two attached hydrogens (primary N) is 1. The summed E-state index contributed by atoms with van der Waals surface area (Å²) in [4.78, 5) is 2.44. The summed E-state index contributed by atoms with van der Waals surface area (Å²) >= 11 is 1.28. The lowest BCUT2D eigenvalue weighted by Crippen LogP contribution is -2.33. The predicted molar refractivity (Wildman–Crippen MR) is 69.4 cm³/mol. The van der Waals surface area contributed by atoms with E-state index in [1.165, 1.54) is 24.4 Å². The number of anilines is 1. The monoisotopic (exact) mass is 242 g/mol. The number of hydrogen-bond acceptors (Lipinski definition) is 5. The molecule has 0 radical (unpaired) electrons. The summed E-state index contributed by atoms with van der Waals surface area (Å²) in [5.74, 6) is 0. The zero-order valence-electron chi connectivity index (χ0n) is 10.4. The Hall–Kier alpha value is -0.680. The SMILES string of the molecule is CCCCN(Cc1nnsc1N)C(C)CC. The van der Waals surface area contributed by atoms with Crippen LogP contribution < -0.4 is 5.73 Å². The van der Waals surface area contributed by atoms with Crippen LogP contribution in [0, 0.1) is 0 Å². The Balaban J connectivity index is 2.59. The van der Waals surface area contributed by atoms with Crippen LogP contribution in [0.3, 0.4) is 0 Å². The van der Waals surface area contributed by atoms with Crippen LogP contribution in [0.2, 0.25) is 0 Å². The first-order valence-electron chi connectivity index (χ1n) is 5.99. The van der Waals surface area contributed by atoms with E-state index in [1.807, 2.05) is 0 Å². The van der Waals surface area contributed by atoms with Gasteiger partial charge in [-0.25, -0.2) is 0 Å². The van der Waals surface area contributed by atoms with E-state index >= 15 is 0 Å². The van der Waals surface area contributed by atoms with Crippen LogP contribution in [0.15, 0.2) is 0 Å². The van der Waals surface area contributed by atoms with Gasteiger partial charge in [0.15, 0.2) is 0 Å². The van der Waals surface area contributed by atoms with Crippen LogP contribution in [0.1, 0.15) is 45.7 Å². The highest BCUT2D eigenvalue weighted by molar-refractivity contribution is 7.09. The zero-order valence-corrected chi connectivity index (χ0v) is 11.3. The van der Waals surface area contributed by atoms with Gasteiger partial charge in [0.25, 0.3) is 0 Å². The highest BCUT2D eigenvalue weighted by atomic mass is 32.1. The Kier molecular flexibility index (Phi) is 5.69. The quantitative estimate of drug-likeness (QED) is 0.798. The highest BCUT2D eigenvalue weighted by Crippen LogP contribution is 2.17. The Bertz CT molecular complexity index is 300. The summed E-state index contributed by atoms with van der Waals surface area (Å²) in [6.07, 6.45) is 3.60. The maximum absolute atomic E-state index is 5.83. The van der Waals surface area contributed by atoms with Gasteiger partial charge in [0.05, 0.1) is 0 Å². The van der Waals surface area contributed by atoms with Crippen molar-refractivity contribution in [1.29, 1.82) is 0 Å². The van der Waals surface area contributed by atoms with Crippen LogP contribution in [-0.4, -0.2) is 27.1 Å². The summed E-state index contributed by atoms with van der Waals surface area (Å²) in [6, 6.07) is 0.577. The molecule has 0 aliphatic heterocycles. The molecule has 4 nitrogen and oxygen atoms in total. The zero-order chi connectivity index (χ0) is 12.0. The van der Waals surface area contributed by atoms with E-state index in [0.29, 0.717) is 6.04 Å². The first-order chi connectivity index (χ1) is 7.69. The van der Waals surface area contributed by atoms with Crippen molar-refractivity contribution >= 4 is 16.5 Å². The molecule has 2 N–H and O–H groups in total. The molecule has 1 unspecified atom stereocenters. The van der Waals surface area contributed by atoms with Gasteiger partial charge in [-0.15, -0.1) is 5.10 Å². The van der Waals surface area contributed by atoms with Gasteiger partial charge in [0.2, 0.25) is 0 Å². The molecule has 0 fully saturated rings. The molecular weight excluding hydrogens is 220 g/mol. The number of unbranched alkanes of at least 4 members (excludes halogenated alkanes) is 1. The van der Waals surface area contributed by atoms with Gasteiger partial charge in [-0.3, -0.25) is 4.90 Å². The molecule has 92 valence electrons. The van der Waals surface area contributed by atoms with E-state index in [0.717, 1.165) is 30.2 Å².